The van der Waals surface area contributed by atoms with Crippen LogP contribution in [0.4, 0.5) is 13.6 Å². The largest absolute Gasteiger partial charge is 0.481 e. The van der Waals surface area contributed by atoms with E-state index in [2.05, 4.69) is 4.98 Å². The van der Waals surface area contributed by atoms with Gasteiger partial charge in [0.1, 0.15) is 12.2 Å². The van der Waals surface area contributed by atoms with E-state index in [1.165, 1.54) is 0 Å². The first kappa shape index (κ1) is 25.6. The van der Waals surface area contributed by atoms with E-state index in [1.54, 1.807) is 17.2 Å². The number of sulfone groups is 1. The van der Waals surface area contributed by atoms with Crippen molar-refractivity contribution in [2.24, 2.45) is 5.92 Å². The first-order valence-electron chi connectivity index (χ1n) is 10.7. The van der Waals surface area contributed by atoms with Crippen molar-refractivity contribution in [3.63, 3.8) is 0 Å². The third-order valence-corrected chi connectivity index (χ3v) is 6.22. The van der Waals surface area contributed by atoms with Gasteiger partial charge in [-0.15, -0.1) is 0 Å². The van der Waals surface area contributed by atoms with Gasteiger partial charge in [0.05, 0.1) is 10.6 Å². The summed E-state index contributed by atoms with van der Waals surface area (Å²) in [6, 6.07) is 4.96. The molecule has 0 N–H and O–H groups in total. The molecule has 184 valence electrons. The van der Waals surface area contributed by atoms with Gasteiger partial charge in [0.25, 0.3) is 0 Å². The number of aromatic nitrogens is 1. The SMILES string of the molecule is CC1CN(C(=O)OC(C)(C)C)CC=C1c1ccc(COc2c(F)cc(S(C)(=O)=O)cc2F)nc1. The van der Waals surface area contributed by atoms with Crippen LogP contribution in [0, 0.1) is 17.6 Å². The van der Waals surface area contributed by atoms with Crippen LogP contribution in [-0.4, -0.2) is 49.3 Å². The zero-order chi connectivity index (χ0) is 25.3. The number of ether oxygens (including phenoxy) is 2. The highest BCUT2D eigenvalue weighted by molar-refractivity contribution is 7.90. The fourth-order valence-corrected chi connectivity index (χ4v) is 4.14. The predicted octanol–water partition coefficient (Wildman–Crippen LogP) is 4.61. The summed E-state index contributed by atoms with van der Waals surface area (Å²) >= 11 is 0. The number of nitrogens with zero attached hydrogens (tertiary/aromatic N) is 2. The number of rotatable bonds is 5. The molecule has 1 aliphatic rings. The molecular formula is C24H28F2N2O5S. The summed E-state index contributed by atoms with van der Waals surface area (Å²) in [6.45, 7) is 8.20. The third kappa shape index (κ3) is 6.31. The molecule has 10 heteroatoms. The lowest BCUT2D eigenvalue weighted by Crippen LogP contribution is -2.41. The van der Waals surface area contributed by atoms with Gasteiger partial charge in [-0.3, -0.25) is 4.98 Å². The van der Waals surface area contributed by atoms with Crippen LogP contribution in [-0.2, 0) is 21.2 Å². The van der Waals surface area contributed by atoms with E-state index < -0.39 is 37.7 Å². The summed E-state index contributed by atoms with van der Waals surface area (Å²) in [5.74, 6) is -2.81. The predicted molar refractivity (Wildman–Crippen MR) is 123 cm³/mol. The van der Waals surface area contributed by atoms with E-state index in [4.69, 9.17) is 9.47 Å². The van der Waals surface area contributed by atoms with Crippen LogP contribution in [0.1, 0.15) is 39.0 Å². The fraction of sp³-hybridized carbons (Fsp3) is 0.417. The Morgan fingerprint density at radius 1 is 1.21 bits per heavy atom. The quantitative estimate of drug-likeness (QED) is 0.603. The van der Waals surface area contributed by atoms with Gasteiger partial charge in [-0.05, 0) is 56.0 Å². The second-order valence-corrected chi connectivity index (χ2v) is 11.3. The number of hydrogen-bond acceptors (Lipinski definition) is 6. The van der Waals surface area contributed by atoms with Gasteiger partial charge in [0.15, 0.2) is 27.2 Å². The lowest BCUT2D eigenvalue weighted by molar-refractivity contribution is 0.0251. The maximum absolute atomic E-state index is 14.2. The maximum Gasteiger partial charge on any atom is 0.410 e. The van der Waals surface area contributed by atoms with Gasteiger partial charge in [-0.25, -0.2) is 22.0 Å². The lowest BCUT2D eigenvalue weighted by atomic mass is 9.91. The molecule has 0 spiro atoms. The van der Waals surface area contributed by atoms with Crippen molar-refractivity contribution in [3.8, 4) is 5.75 Å². The van der Waals surface area contributed by atoms with Crippen LogP contribution >= 0.6 is 0 Å². The molecule has 0 saturated heterocycles. The van der Waals surface area contributed by atoms with Crippen LogP contribution in [0.2, 0.25) is 0 Å². The summed E-state index contributed by atoms with van der Waals surface area (Å²) in [4.78, 5) is 17.8. The topological polar surface area (TPSA) is 85.8 Å². The monoisotopic (exact) mass is 494 g/mol. The maximum atomic E-state index is 14.2. The summed E-state index contributed by atoms with van der Waals surface area (Å²) < 4.78 is 62.0. The van der Waals surface area contributed by atoms with Gasteiger partial charge >= 0.3 is 6.09 Å². The Morgan fingerprint density at radius 2 is 1.85 bits per heavy atom. The minimum Gasteiger partial charge on any atom is -0.481 e. The fourth-order valence-electron chi connectivity index (χ4n) is 3.51. The molecule has 7 nitrogen and oxygen atoms in total. The number of halogens is 2. The highest BCUT2D eigenvalue weighted by Gasteiger charge is 2.27. The van der Waals surface area contributed by atoms with Crippen molar-refractivity contribution >= 4 is 21.5 Å². The summed E-state index contributed by atoms with van der Waals surface area (Å²) in [5.41, 5.74) is 1.78. The molecular weight excluding hydrogens is 466 g/mol. The molecule has 3 rings (SSSR count). The Morgan fingerprint density at radius 3 is 2.35 bits per heavy atom. The molecule has 1 unspecified atom stereocenters. The highest BCUT2D eigenvalue weighted by Crippen LogP contribution is 2.29. The third-order valence-electron chi connectivity index (χ3n) is 5.13. The standard InChI is InChI=1S/C24H28F2N2O5S/c1-15-13-28(23(29)33-24(2,3)4)9-8-19(15)16-6-7-17(27-12-16)14-32-22-20(25)10-18(11-21(22)26)34(5,30)31/h6-8,10-12,15H,9,13-14H2,1-5H3. The van der Waals surface area contributed by atoms with Crippen LogP contribution in [0.25, 0.3) is 5.57 Å². The van der Waals surface area contributed by atoms with Gasteiger partial charge in [0, 0.05) is 25.5 Å². The minimum atomic E-state index is -3.75. The van der Waals surface area contributed by atoms with E-state index in [0.717, 1.165) is 29.5 Å². The molecule has 1 aromatic carbocycles. The zero-order valence-corrected chi connectivity index (χ0v) is 20.6. The molecule has 1 atom stereocenters. The summed E-state index contributed by atoms with van der Waals surface area (Å²) in [6.07, 6.45) is 4.11. The minimum absolute atomic E-state index is 0.0571. The Balaban J connectivity index is 1.66. The van der Waals surface area contributed by atoms with Crippen molar-refractivity contribution < 1.29 is 31.5 Å². The number of carbonyl (C=O) groups excluding carboxylic acids is 1. The van der Waals surface area contributed by atoms with Gasteiger partial charge in [-0.1, -0.05) is 19.1 Å². The average Bonchev–Trinajstić information content (AvgIpc) is 2.71. The van der Waals surface area contributed by atoms with Crippen molar-refractivity contribution in [2.45, 2.75) is 44.8 Å². The van der Waals surface area contributed by atoms with Crippen LogP contribution in [0.15, 0.2) is 41.4 Å². The molecule has 0 bridgehead atoms. The van der Waals surface area contributed by atoms with E-state index in [9.17, 15) is 22.0 Å². The molecule has 2 heterocycles. The zero-order valence-electron chi connectivity index (χ0n) is 19.8. The molecule has 2 aromatic rings. The molecule has 0 fully saturated rings. The van der Waals surface area contributed by atoms with Crippen LogP contribution < -0.4 is 4.74 Å². The van der Waals surface area contributed by atoms with Crippen molar-refractivity contribution in [2.75, 3.05) is 19.3 Å². The molecule has 1 amide bonds. The number of carbonyl (C=O) groups is 1. The highest BCUT2D eigenvalue weighted by atomic mass is 32.2. The smallest absolute Gasteiger partial charge is 0.410 e. The van der Waals surface area contributed by atoms with E-state index in [-0.39, 0.29) is 18.6 Å². The Kier molecular flexibility index (Phi) is 7.30. The Bertz CT molecular complexity index is 1180. The lowest BCUT2D eigenvalue weighted by Gasteiger charge is -2.33. The molecule has 0 radical (unpaired) electrons. The van der Waals surface area contributed by atoms with E-state index in [1.807, 2.05) is 39.8 Å². The second kappa shape index (κ2) is 9.69. The average molecular weight is 495 g/mol. The molecule has 0 saturated carbocycles. The van der Waals surface area contributed by atoms with Crippen LogP contribution in [0.3, 0.4) is 0 Å². The Hall–Kier alpha value is -3.01. The second-order valence-electron chi connectivity index (χ2n) is 9.26. The van der Waals surface area contributed by atoms with E-state index >= 15 is 0 Å². The summed E-state index contributed by atoms with van der Waals surface area (Å²) in [7, 11) is -3.75. The first-order chi connectivity index (χ1) is 15.7. The first-order valence-corrected chi connectivity index (χ1v) is 12.6. The normalized spacial score (nSPS) is 16.7. The van der Waals surface area contributed by atoms with Crippen molar-refractivity contribution in [1.82, 2.24) is 9.88 Å². The van der Waals surface area contributed by atoms with Crippen LogP contribution in [0.5, 0.6) is 5.75 Å². The van der Waals surface area contributed by atoms with Gasteiger partial charge < -0.3 is 14.4 Å². The van der Waals surface area contributed by atoms with Crippen molar-refractivity contribution in [1.29, 1.82) is 0 Å². The molecule has 34 heavy (non-hydrogen) atoms. The van der Waals surface area contributed by atoms with Crippen molar-refractivity contribution in [3.05, 3.63) is 59.4 Å². The molecule has 0 aliphatic carbocycles. The number of pyridine rings is 1. The van der Waals surface area contributed by atoms with Gasteiger partial charge in [-0.2, -0.15) is 0 Å². The van der Waals surface area contributed by atoms with E-state index in [0.29, 0.717) is 18.8 Å². The van der Waals surface area contributed by atoms with Gasteiger partial charge in [0.2, 0.25) is 0 Å². The summed E-state index contributed by atoms with van der Waals surface area (Å²) in [5, 5.41) is 0. The Labute approximate surface area is 198 Å². The molecule has 1 aromatic heterocycles. The molecule has 1 aliphatic heterocycles. The number of benzene rings is 1. The number of amides is 1. The number of hydrogen-bond donors (Lipinski definition) is 0.